The fraction of sp³-hybridized carbons (Fsp3) is 0.200. The molecule has 0 spiro atoms. The van der Waals surface area contributed by atoms with Crippen LogP contribution in [0.4, 0.5) is 0 Å². The second-order valence-corrected chi connectivity index (χ2v) is 5.79. The molecule has 1 unspecified atom stereocenters. The quantitative estimate of drug-likeness (QED) is 0.865. The molecule has 0 aliphatic rings. The normalized spacial score (nSPS) is 12.4. The van der Waals surface area contributed by atoms with Gasteiger partial charge in [0.05, 0.1) is 10.0 Å². The summed E-state index contributed by atoms with van der Waals surface area (Å²) in [7, 11) is 0. The van der Waals surface area contributed by atoms with Crippen molar-refractivity contribution in [1.29, 1.82) is 0 Å². The van der Waals surface area contributed by atoms with Crippen LogP contribution < -0.4 is 5.73 Å². The fourth-order valence-corrected chi connectivity index (χ4v) is 2.41. The third kappa shape index (κ3) is 4.39. The molecule has 0 heterocycles. The molecule has 0 fully saturated rings. The van der Waals surface area contributed by atoms with E-state index in [1.807, 2.05) is 36.4 Å². The zero-order chi connectivity index (χ0) is 13.8. The molecule has 2 aromatic carbocycles. The Hall–Kier alpha value is -0.730. The van der Waals surface area contributed by atoms with Gasteiger partial charge in [-0.2, -0.15) is 0 Å². The molecule has 0 aliphatic heterocycles. The van der Waals surface area contributed by atoms with Crippen molar-refractivity contribution in [2.75, 3.05) is 0 Å². The van der Waals surface area contributed by atoms with Crippen molar-refractivity contribution in [3.05, 3.63) is 68.7 Å². The molecule has 0 bridgehead atoms. The van der Waals surface area contributed by atoms with E-state index in [9.17, 15) is 0 Å². The molecule has 2 rings (SSSR count). The summed E-state index contributed by atoms with van der Waals surface area (Å²) < 4.78 is 0. The van der Waals surface area contributed by atoms with E-state index >= 15 is 0 Å². The van der Waals surface area contributed by atoms with Gasteiger partial charge in [0.15, 0.2) is 0 Å². The van der Waals surface area contributed by atoms with Crippen molar-refractivity contribution in [2.45, 2.75) is 18.9 Å². The van der Waals surface area contributed by atoms with Crippen LogP contribution in [0.1, 0.15) is 11.1 Å². The van der Waals surface area contributed by atoms with Gasteiger partial charge in [0.1, 0.15) is 0 Å². The third-order valence-electron chi connectivity index (χ3n) is 2.89. The van der Waals surface area contributed by atoms with E-state index in [2.05, 4.69) is 0 Å². The summed E-state index contributed by atoms with van der Waals surface area (Å²) in [6, 6.07) is 13.4. The van der Waals surface area contributed by atoms with Crippen LogP contribution in [0.15, 0.2) is 42.5 Å². The lowest BCUT2D eigenvalue weighted by Gasteiger charge is -2.12. The highest BCUT2D eigenvalue weighted by atomic mass is 35.5. The summed E-state index contributed by atoms with van der Waals surface area (Å²) in [6.07, 6.45) is 1.57. The van der Waals surface area contributed by atoms with E-state index in [1.165, 1.54) is 5.56 Å². The molecule has 19 heavy (non-hydrogen) atoms. The maximum atomic E-state index is 6.15. The molecule has 1 atom stereocenters. The lowest BCUT2D eigenvalue weighted by atomic mass is 10.00. The van der Waals surface area contributed by atoms with Crippen molar-refractivity contribution < 1.29 is 0 Å². The van der Waals surface area contributed by atoms with Gasteiger partial charge in [-0.1, -0.05) is 53.0 Å². The van der Waals surface area contributed by atoms with E-state index in [0.717, 1.165) is 23.4 Å². The lowest BCUT2D eigenvalue weighted by Crippen LogP contribution is -2.25. The summed E-state index contributed by atoms with van der Waals surface area (Å²) in [5.41, 5.74) is 8.43. The molecule has 100 valence electrons. The van der Waals surface area contributed by atoms with Crippen molar-refractivity contribution in [3.8, 4) is 0 Å². The smallest absolute Gasteiger partial charge is 0.0595 e. The lowest BCUT2D eigenvalue weighted by molar-refractivity contribution is 0.665. The van der Waals surface area contributed by atoms with Crippen LogP contribution in [0.2, 0.25) is 15.1 Å². The Balaban J connectivity index is 1.98. The Labute approximate surface area is 128 Å². The number of hydrogen-bond donors (Lipinski definition) is 1. The molecule has 4 heteroatoms. The fourth-order valence-electron chi connectivity index (χ4n) is 1.96. The van der Waals surface area contributed by atoms with Crippen molar-refractivity contribution >= 4 is 34.8 Å². The van der Waals surface area contributed by atoms with Gasteiger partial charge in [0.25, 0.3) is 0 Å². The van der Waals surface area contributed by atoms with Crippen LogP contribution in [0.3, 0.4) is 0 Å². The van der Waals surface area contributed by atoms with Gasteiger partial charge >= 0.3 is 0 Å². The predicted molar refractivity (Wildman–Crippen MR) is 83.3 cm³/mol. The van der Waals surface area contributed by atoms with E-state index in [0.29, 0.717) is 10.0 Å². The molecular weight excluding hydrogens is 301 g/mol. The van der Waals surface area contributed by atoms with E-state index in [-0.39, 0.29) is 6.04 Å². The number of halogens is 3. The first-order chi connectivity index (χ1) is 9.04. The molecule has 0 saturated heterocycles. The van der Waals surface area contributed by atoms with Crippen molar-refractivity contribution in [1.82, 2.24) is 0 Å². The van der Waals surface area contributed by atoms with Crippen molar-refractivity contribution in [3.63, 3.8) is 0 Å². The zero-order valence-corrected chi connectivity index (χ0v) is 12.5. The molecule has 1 nitrogen and oxygen atoms in total. The summed E-state index contributed by atoms with van der Waals surface area (Å²) in [5.74, 6) is 0. The van der Waals surface area contributed by atoms with Crippen LogP contribution in [-0.4, -0.2) is 6.04 Å². The van der Waals surface area contributed by atoms with Gasteiger partial charge in [-0.15, -0.1) is 0 Å². The number of benzene rings is 2. The van der Waals surface area contributed by atoms with Crippen LogP contribution in [0.25, 0.3) is 0 Å². The number of rotatable bonds is 4. The Bertz CT molecular complexity index is 552. The standard InChI is InChI=1S/C15H14Cl3N/c16-12-4-1-10(2-5-12)7-13(19)8-11-3-6-14(17)15(18)9-11/h1-6,9,13H,7-8,19H2. The summed E-state index contributed by atoms with van der Waals surface area (Å²) in [5, 5.41) is 1.87. The SMILES string of the molecule is NC(Cc1ccc(Cl)cc1)Cc1ccc(Cl)c(Cl)c1. The van der Waals surface area contributed by atoms with Crippen LogP contribution >= 0.6 is 34.8 Å². The van der Waals surface area contributed by atoms with Gasteiger partial charge in [-0.3, -0.25) is 0 Å². The largest absolute Gasteiger partial charge is 0.327 e. The molecular formula is C15H14Cl3N. The molecule has 0 radical (unpaired) electrons. The van der Waals surface area contributed by atoms with E-state index < -0.39 is 0 Å². The number of hydrogen-bond acceptors (Lipinski definition) is 1. The summed E-state index contributed by atoms with van der Waals surface area (Å²) in [4.78, 5) is 0. The van der Waals surface area contributed by atoms with E-state index in [1.54, 1.807) is 6.07 Å². The Morgan fingerprint density at radius 3 is 2.00 bits per heavy atom. The minimum Gasteiger partial charge on any atom is -0.327 e. The van der Waals surface area contributed by atoms with Gasteiger partial charge in [-0.05, 0) is 48.2 Å². The molecule has 0 aromatic heterocycles. The molecule has 0 amide bonds. The average molecular weight is 315 g/mol. The topological polar surface area (TPSA) is 26.0 Å². The first-order valence-electron chi connectivity index (χ1n) is 5.98. The third-order valence-corrected chi connectivity index (χ3v) is 3.88. The maximum absolute atomic E-state index is 6.15. The first-order valence-corrected chi connectivity index (χ1v) is 7.12. The first kappa shape index (κ1) is 14.7. The van der Waals surface area contributed by atoms with Gasteiger partial charge in [0, 0.05) is 11.1 Å². The average Bonchev–Trinajstić information content (AvgIpc) is 2.37. The minimum atomic E-state index is 0.0402. The summed E-state index contributed by atoms with van der Waals surface area (Å²) in [6.45, 7) is 0. The van der Waals surface area contributed by atoms with Gasteiger partial charge in [-0.25, -0.2) is 0 Å². The Kier molecular flexibility index (Phi) is 5.12. The monoisotopic (exact) mass is 313 g/mol. The molecule has 0 saturated carbocycles. The minimum absolute atomic E-state index is 0.0402. The second kappa shape index (κ2) is 6.62. The summed E-state index contributed by atoms with van der Waals surface area (Å²) >= 11 is 17.7. The van der Waals surface area contributed by atoms with Crippen LogP contribution in [0, 0.1) is 0 Å². The second-order valence-electron chi connectivity index (χ2n) is 4.54. The number of nitrogens with two attached hydrogens (primary N) is 1. The van der Waals surface area contributed by atoms with Crippen LogP contribution in [-0.2, 0) is 12.8 Å². The molecule has 2 aromatic rings. The van der Waals surface area contributed by atoms with E-state index in [4.69, 9.17) is 40.5 Å². The maximum Gasteiger partial charge on any atom is 0.0595 e. The highest BCUT2D eigenvalue weighted by Gasteiger charge is 2.07. The Morgan fingerprint density at radius 2 is 1.37 bits per heavy atom. The predicted octanol–water partition coefficient (Wildman–Crippen LogP) is 4.76. The van der Waals surface area contributed by atoms with Crippen LogP contribution in [0.5, 0.6) is 0 Å². The molecule has 0 aliphatic carbocycles. The van der Waals surface area contributed by atoms with Crippen molar-refractivity contribution in [2.24, 2.45) is 5.73 Å². The molecule has 2 N–H and O–H groups in total. The highest BCUT2D eigenvalue weighted by molar-refractivity contribution is 6.42. The Morgan fingerprint density at radius 1 is 0.789 bits per heavy atom. The highest BCUT2D eigenvalue weighted by Crippen LogP contribution is 2.23. The van der Waals surface area contributed by atoms with Gasteiger partial charge in [0.2, 0.25) is 0 Å². The zero-order valence-electron chi connectivity index (χ0n) is 10.2. The van der Waals surface area contributed by atoms with Gasteiger partial charge < -0.3 is 5.73 Å².